The number of benzene rings is 3. The van der Waals surface area contributed by atoms with E-state index in [9.17, 15) is 0 Å². The van der Waals surface area contributed by atoms with Gasteiger partial charge in [-0.25, -0.2) is 15.0 Å². The molecule has 0 saturated carbocycles. The molecule has 0 spiro atoms. The van der Waals surface area contributed by atoms with Gasteiger partial charge in [0.2, 0.25) is 0 Å². The Bertz CT molecular complexity index is 1890. The molecule has 0 unspecified atom stereocenters. The van der Waals surface area contributed by atoms with Gasteiger partial charge in [0.15, 0.2) is 0 Å². The van der Waals surface area contributed by atoms with Gasteiger partial charge >= 0.3 is 0 Å². The van der Waals surface area contributed by atoms with E-state index in [-0.39, 0.29) is 0 Å². The van der Waals surface area contributed by atoms with E-state index in [0.29, 0.717) is 0 Å². The van der Waals surface area contributed by atoms with Crippen LogP contribution < -0.4 is 0 Å². The van der Waals surface area contributed by atoms with Gasteiger partial charge in [-0.15, -0.1) is 0 Å². The highest BCUT2D eigenvalue weighted by Gasteiger charge is 2.15. The molecule has 7 heteroatoms. The number of hydrogen-bond donors (Lipinski definition) is 2. The van der Waals surface area contributed by atoms with E-state index in [4.69, 9.17) is 4.98 Å². The number of imidazole rings is 2. The molecule has 4 heterocycles. The van der Waals surface area contributed by atoms with Gasteiger partial charge < -0.3 is 9.97 Å². The van der Waals surface area contributed by atoms with E-state index < -0.39 is 0 Å². The van der Waals surface area contributed by atoms with Crippen molar-refractivity contribution in [2.24, 2.45) is 0 Å². The molecule has 0 aliphatic rings. The molecule has 2 N–H and O–H groups in total. The molecule has 7 nitrogen and oxygen atoms in total. The number of nitrogens with zero attached hydrogens (tertiary/aromatic N) is 5. The van der Waals surface area contributed by atoms with Gasteiger partial charge in [-0.05, 0) is 38.1 Å². The van der Waals surface area contributed by atoms with Crippen LogP contribution in [-0.4, -0.2) is 34.9 Å². The van der Waals surface area contributed by atoms with E-state index in [1.54, 1.807) is 12.4 Å². The lowest BCUT2D eigenvalue weighted by atomic mass is 10.0. The molecular weight excluding hydrogens is 422 g/mol. The molecule has 162 valence electrons. The Morgan fingerprint density at radius 3 is 2.35 bits per heavy atom. The number of aromatic nitrogens is 7. The molecule has 0 amide bonds. The summed E-state index contributed by atoms with van der Waals surface area (Å²) in [6.45, 7) is 3.91. The van der Waals surface area contributed by atoms with Crippen LogP contribution in [0.2, 0.25) is 0 Å². The van der Waals surface area contributed by atoms with Crippen LogP contribution in [0.25, 0.3) is 66.3 Å². The van der Waals surface area contributed by atoms with Crippen molar-refractivity contribution in [1.82, 2.24) is 34.9 Å². The fourth-order valence-electron chi connectivity index (χ4n) is 4.71. The Labute approximate surface area is 194 Å². The lowest BCUT2D eigenvalue weighted by molar-refractivity contribution is 1.15. The highest BCUT2D eigenvalue weighted by atomic mass is 14.9. The maximum absolute atomic E-state index is 4.96. The van der Waals surface area contributed by atoms with Gasteiger partial charge in [0, 0.05) is 39.7 Å². The fraction of sp³-hybridized carbons (Fsp3) is 0.0741. The summed E-state index contributed by atoms with van der Waals surface area (Å²) in [6, 6.07) is 16.8. The van der Waals surface area contributed by atoms with Gasteiger partial charge in [-0.1, -0.05) is 24.3 Å². The van der Waals surface area contributed by atoms with Crippen molar-refractivity contribution >= 4 is 43.7 Å². The van der Waals surface area contributed by atoms with Crippen LogP contribution in [0.3, 0.4) is 0 Å². The molecule has 34 heavy (non-hydrogen) atoms. The predicted octanol–water partition coefficient (Wildman–Crippen LogP) is 5.88. The molecule has 7 aromatic rings. The highest BCUT2D eigenvalue weighted by molar-refractivity contribution is 6.21. The second-order valence-electron chi connectivity index (χ2n) is 8.55. The van der Waals surface area contributed by atoms with E-state index in [2.05, 4.69) is 78.4 Å². The maximum atomic E-state index is 4.96. The molecule has 0 bridgehead atoms. The molecule has 0 radical (unpaired) electrons. The first kappa shape index (κ1) is 18.9. The summed E-state index contributed by atoms with van der Waals surface area (Å²) in [5, 5.41) is 3.19. The molecule has 0 fully saturated rings. The molecule has 0 saturated heterocycles. The number of pyridine rings is 1. The van der Waals surface area contributed by atoms with Gasteiger partial charge in [0.25, 0.3) is 0 Å². The van der Waals surface area contributed by atoms with Crippen molar-refractivity contribution in [3.63, 3.8) is 0 Å². The summed E-state index contributed by atoms with van der Waals surface area (Å²) in [4.78, 5) is 29.8. The van der Waals surface area contributed by atoms with Gasteiger partial charge in [0.05, 0.1) is 34.1 Å². The highest BCUT2D eigenvalue weighted by Crippen LogP contribution is 2.34. The third kappa shape index (κ3) is 2.80. The Morgan fingerprint density at radius 2 is 1.50 bits per heavy atom. The number of H-pyrrole nitrogens is 2. The summed E-state index contributed by atoms with van der Waals surface area (Å²) < 4.78 is 0. The smallest absolute Gasteiger partial charge is 0.117 e. The molecule has 7 rings (SSSR count). The Hall–Kier alpha value is -4.65. The number of aromatic amines is 2. The van der Waals surface area contributed by atoms with Crippen LogP contribution in [-0.2, 0) is 0 Å². The topological polar surface area (TPSA) is 96.0 Å². The van der Waals surface area contributed by atoms with E-state index in [1.807, 2.05) is 20.0 Å². The largest absolute Gasteiger partial charge is 0.342 e. The van der Waals surface area contributed by atoms with Crippen LogP contribution in [0.5, 0.6) is 0 Å². The summed E-state index contributed by atoms with van der Waals surface area (Å²) in [5.74, 6) is 1.76. The van der Waals surface area contributed by atoms with Crippen LogP contribution in [0.1, 0.15) is 11.6 Å². The average Bonchev–Trinajstić information content (AvgIpc) is 3.49. The van der Waals surface area contributed by atoms with Crippen LogP contribution in [0.4, 0.5) is 0 Å². The van der Waals surface area contributed by atoms with Gasteiger partial charge in [-0.3, -0.25) is 9.97 Å². The van der Waals surface area contributed by atoms with Crippen molar-refractivity contribution in [3.8, 4) is 22.5 Å². The van der Waals surface area contributed by atoms with Crippen LogP contribution in [0.15, 0.2) is 67.1 Å². The molecule has 0 aliphatic carbocycles. The first-order chi connectivity index (χ1) is 16.6. The molecule has 4 aromatic heterocycles. The molecular formula is C27H19N7. The summed E-state index contributed by atoms with van der Waals surface area (Å²) in [6.07, 6.45) is 5.30. The zero-order chi connectivity index (χ0) is 22.8. The van der Waals surface area contributed by atoms with Crippen LogP contribution in [0, 0.1) is 13.8 Å². The van der Waals surface area contributed by atoms with Crippen molar-refractivity contribution in [2.45, 2.75) is 13.8 Å². The van der Waals surface area contributed by atoms with Crippen molar-refractivity contribution in [1.29, 1.82) is 0 Å². The van der Waals surface area contributed by atoms with E-state index in [1.165, 1.54) is 0 Å². The quantitative estimate of drug-likeness (QED) is 0.327. The standard InChI is InChI=1S/C27H19N7/c1-14-30-13-23(31-14)17-5-8-21-16(11-17)4-7-22(34-21)18-3-6-19-20(12-18)24-26(29-10-9-28-24)27-25(19)32-15(2)33-27/h3-13H,1-2H3,(H,30,31)(H,32,33). The van der Waals surface area contributed by atoms with E-state index >= 15 is 0 Å². The zero-order valence-corrected chi connectivity index (χ0v) is 18.6. The van der Waals surface area contributed by atoms with E-state index in [0.717, 1.165) is 77.9 Å². The molecule has 0 atom stereocenters. The minimum absolute atomic E-state index is 0.805. The Balaban J connectivity index is 1.40. The first-order valence-electron chi connectivity index (χ1n) is 11.1. The molecule has 3 aromatic carbocycles. The third-order valence-electron chi connectivity index (χ3n) is 6.29. The minimum atomic E-state index is 0.805. The number of fused-ring (bicyclic) bond motifs is 7. The van der Waals surface area contributed by atoms with Crippen molar-refractivity contribution < 1.29 is 0 Å². The second-order valence-corrected chi connectivity index (χ2v) is 8.55. The minimum Gasteiger partial charge on any atom is -0.342 e. The number of hydrogen-bond acceptors (Lipinski definition) is 5. The second kappa shape index (κ2) is 6.92. The zero-order valence-electron chi connectivity index (χ0n) is 18.6. The number of rotatable bonds is 2. The molecule has 0 aliphatic heterocycles. The van der Waals surface area contributed by atoms with Crippen molar-refractivity contribution in [3.05, 3.63) is 78.8 Å². The number of nitrogens with one attached hydrogen (secondary N) is 2. The monoisotopic (exact) mass is 441 g/mol. The van der Waals surface area contributed by atoms with Gasteiger partial charge in [-0.2, -0.15) is 0 Å². The predicted molar refractivity (Wildman–Crippen MR) is 134 cm³/mol. The van der Waals surface area contributed by atoms with Gasteiger partial charge in [0.1, 0.15) is 22.7 Å². The number of aryl methyl sites for hydroxylation is 2. The summed E-state index contributed by atoms with van der Waals surface area (Å²) in [7, 11) is 0. The van der Waals surface area contributed by atoms with Crippen LogP contribution >= 0.6 is 0 Å². The normalized spacial score (nSPS) is 11.8. The lowest BCUT2D eigenvalue weighted by Crippen LogP contribution is -1.90. The van der Waals surface area contributed by atoms with Crippen molar-refractivity contribution in [2.75, 3.05) is 0 Å². The SMILES string of the molecule is Cc1ncc(-c2ccc3nc(-c4ccc5c(c4)c4nccnc4c4nc(C)[nH]c54)ccc3c2)[nH]1. The average molecular weight is 441 g/mol. The summed E-state index contributed by atoms with van der Waals surface area (Å²) in [5.41, 5.74) is 8.49. The lowest BCUT2D eigenvalue weighted by Gasteiger charge is -2.09. The fourth-order valence-corrected chi connectivity index (χ4v) is 4.71. The first-order valence-corrected chi connectivity index (χ1v) is 11.1. The summed E-state index contributed by atoms with van der Waals surface area (Å²) >= 11 is 0. The Morgan fingerprint density at radius 1 is 0.647 bits per heavy atom. The Kier molecular flexibility index (Phi) is 3.84. The maximum Gasteiger partial charge on any atom is 0.117 e. The third-order valence-corrected chi connectivity index (χ3v) is 6.29.